The molecule has 2 aromatic carbocycles. The summed E-state index contributed by atoms with van der Waals surface area (Å²) in [5, 5.41) is 0.495. The van der Waals surface area contributed by atoms with Crippen LogP contribution in [0.5, 0.6) is 23.0 Å². The van der Waals surface area contributed by atoms with Gasteiger partial charge in [-0.3, -0.25) is 9.97 Å². The molecule has 5 heterocycles. The number of nitrogens with zero attached hydrogens (tertiary/aromatic N) is 4. The summed E-state index contributed by atoms with van der Waals surface area (Å²) in [6, 6.07) is 5.52. The van der Waals surface area contributed by atoms with Gasteiger partial charge >= 0.3 is 12.2 Å². The number of halogens is 7. The largest absolute Gasteiger partial charge is 0.479 e. The first-order chi connectivity index (χ1) is 23.2. The fraction of sp³-hybridized carbons (Fsp3) is 0.355. The first kappa shape index (κ1) is 37.4. The average Bonchev–Trinajstić information content (AvgIpc) is 3.24. The van der Waals surface area contributed by atoms with Crippen molar-refractivity contribution in [3.05, 3.63) is 69.3 Å². The van der Waals surface area contributed by atoms with Gasteiger partial charge in [0.2, 0.25) is 6.29 Å². The van der Waals surface area contributed by atoms with Crippen LogP contribution in [0.2, 0.25) is 10.0 Å². The highest BCUT2D eigenvalue weighted by atomic mass is 79.9. The van der Waals surface area contributed by atoms with Gasteiger partial charge in [0.25, 0.3) is 0 Å². The number of hydrogen-bond donors (Lipinski definition) is 2. The van der Waals surface area contributed by atoms with E-state index in [1.165, 1.54) is 42.9 Å². The highest BCUT2D eigenvalue weighted by molar-refractivity contribution is 9.10. The molecule has 3 aliphatic heterocycles. The molecular formula is C31H29BrCl2F4N6O6. The number of benzene rings is 2. The number of hydrogen-bond acceptors (Lipinski definition) is 12. The third-order valence-electron chi connectivity index (χ3n) is 7.46. The van der Waals surface area contributed by atoms with Gasteiger partial charge in [0, 0.05) is 22.2 Å². The average molecular weight is 808 g/mol. The molecule has 7 rings (SSSR count). The molecule has 4 aromatic rings. The van der Waals surface area contributed by atoms with E-state index in [-0.39, 0.29) is 45.0 Å². The Morgan fingerprint density at radius 2 is 1.18 bits per heavy atom. The van der Waals surface area contributed by atoms with Crippen molar-refractivity contribution in [2.45, 2.75) is 57.4 Å². The molecule has 0 radical (unpaired) electrons. The molecule has 4 N–H and O–H groups in total. The summed E-state index contributed by atoms with van der Waals surface area (Å²) in [6.07, 6.45) is -1.24. The fourth-order valence-corrected chi connectivity index (χ4v) is 4.97. The summed E-state index contributed by atoms with van der Waals surface area (Å²) in [4.78, 5) is 16.1. The molecular weight excluding hydrogens is 779 g/mol. The first-order valence-corrected chi connectivity index (χ1v) is 16.0. The van der Waals surface area contributed by atoms with Crippen LogP contribution in [-0.2, 0) is 9.47 Å². The van der Waals surface area contributed by atoms with Gasteiger partial charge in [-0.15, -0.1) is 0 Å². The summed E-state index contributed by atoms with van der Waals surface area (Å²) in [6.45, 7) is 6.35. The minimum Gasteiger partial charge on any atom is -0.479 e. The zero-order valence-electron chi connectivity index (χ0n) is 26.6. The van der Waals surface area contributed by atoms with Crippen LogP contribution in [0.25, 0.3) is 11.3 Å². The van der Waals surface area contributed by atoms with Crippen molar-refractivity contribution in [1.82, 2.24) is 19.9 Å². The number of rotatable bonds is 2. The summed E-state index contributed by atoms with van der Waals surface area (Å²) >= 11 is 14.9. The Labute approximate surface area is 301 Å². The van der Waals surface area contributed by atoms with Crippen molar-refractivity contribution in [2.75, 3.05) is 24.7 Å². The summed E-state index contributed by atoms with van der Waals surface area (Å²) < 4.78 is 82.5. The Morgan fingerprint density at radius 3 is 1.68 bits per heavy atom. The van der Waals surface area contributed by atoms with Gasteiger partial charge < -0.3 is 39.9 Å². The van der Waals surface area contributed by atoms with E-state index in [4.69, 9.17) is 53.6 Å². The molecule has 3 aliphatic rings. The second-order valence-corrected chi connectivity index (χ2v) is 13.5. The van der Waals surface area contributed by atoms with Crippen LogP contribution in [0.4, 0.5) is 29.2 Å². The second-order valence-electron chi connectivity index (χ2n) is 11.8. The minimum absolute atomic E-state index is 0.0468. The maximum absolute atomic E-state index is 13.1. The molecule has 0 amide bonds. The molecule has 268 valence electrons. The standard InChI is InChI=1S/C12H8ClF2N3O2.C11H17N3O2.C8H4BrClF2O2/c13-7-2-10-9(19-5-12(14,15)20-10)1-6(7)8-3-18-11(16)4-17-8;1-10(2)11(3,4)16-9(15-10)7-5-14-8(12)6-13-7;9-4-1-6-7(2-5(4)10)14-8(11,12)3-13-6/h1-4H,5H2,(H2,16,18);5-6,9H,1-4H3,(H2,12,14);1-2H,3H2. The Hall–Kier alpha value is -3.90. The number of nitrogens with two attached hydrogens (primary N) is 2. The van der Waals surface area contributed by atoms with Crippen molar-refractivity contribution >= 4 is 50.8 Å². The van der Waals surface area contributed by atoms with Crippen molar-refractivity contribution in [3.63, 3.8) is 0 Å². The van der Waals surface area contributed by atoms with Gasteiger partial charge in [-0.25, -0.2) is 9.97 Å². The lowest BCUT2D eigenvalue weighted by molar-refractivity contribution is -0.209. The van der Waals surface area contributed by atoms with Crippen LogP contribution in [-0.4, -0.2) is 56.6 Å². The molecule has 0 atom stereocenters. The van der Waals surface area contributed by atoms with Crippen LogP contribution in [0.15, 0.2) is 53.5 Å². The molecule has 0 unspecified atom stereocenters. The molecule has 1 saturated heterocycles. The van der Waals surface area contributed by atoms with Crippen molar-refractivity contribution in [3.8, 4) is 34.3 Å². The summed E-state index contributed by atoms with van der Waals surface area (Å²) in [5.74, 6) is 0.927. The van der Waals surface area contributed by atoms with Crippen LogP contribution >= 0.6 is 39.1 Å². The van der Waals surface area contributed by atoms with Gasteiger partial charge in [-0.2, -0.15) is 17.6 Å². The summed E-state index contributed by atoms with van der Waals surface area (Å²) in [7, 11) is 0. The molecule has 1 fully saturated rings. The third kappa shape index (κ3) is 8.69. The molecule has 19 heteroatoms. The van der Waals surface area contributed by atoms with Gasteiger partial charge in [0.15, 0.2) is 36.2 Å². The van der Waals surface area contributed by atoms with E-state index >= 15 is 0 Å². The predicted molar refractivity (Wildman–Crippen MR) is 178 cm³/mol. The number of aromatic nitrogens is 4. The van der Waals surface area contributed by atoms with E-state index in [1.807, 2.05) is 27.7 Å². The molecule has 0 spiro atoms. The normalized spacial score (nSPS) is 18.9. The highest BCUT2D eigenvalue weighted by Gasteiger charge is 2.50. The molecule has 0 bridgehead atoms. The van der Waals surface area contributed by atoms with E-state index in [9.17, 15) is 17.6 Å². The molecule has 0 saturated carbocycles. The van der Waals surface area contributed by atoms with Gasteiger partial charge in [-0.1, -0.05) is 23.2 Å². The van der Waals surface area contributed by atoms with Crippen molar-refractivity contribution in [1.29, 1.82) is 0 Å². The SMILES string of the molecule is CC1(C)OC(c2cnc(N)cn2)OC1(C)C.FC1(F)COc2cc(Br)c(Cl)cc2O1.Nc1cnc(-c2cc3c(cc2Cl)OC(F)(F)CO3)cn1. The maximum Gasteiger partial charge on any atom is 0.433 e. The third-order valence-corrected chi connectivity index (χ3v) is 8.97. The van der Waals surface area contributed by atoms with E-state index < -0.39 is 31.7 Å². The van der Waals surface area contributed by atoms with E-state index in [2.05, 4.69) is 45.3 Å². The lowest BCUT2D eigenvalue weighted by Gasteiger charge is -2.30. The van der Waals surface area contributed by atoms with E-state index in [0.717, 1.165) is 0 Å². The van der Waals surface area contributed by atoms with Gasteiger partial charge in [-0.05, 0) is 55.8 Å². The maximum atomic E-state index is 13.1. The zero-order chi connectivity index (χ0) is 36.6. The van der Waals surface area contributed by atoms with Crippen LogP contribution < -0.4 is 30.4 Å². The van der Waals surface area contributed by atoms with Crippen LogP contribution in [0.1, 0.15) is 39.7 Å². The Bertz CT molecular complexity index is 1840. The smallest absolute Gasteiger partial charge is 0.433 e. The van der Waals surface area contributed by atoms with Gasteiger partial charge in [0.1, 0.15) is 17.3 Å². The van der Waals surface area contributed by atoms with Crippen molar-refractivity contribution in [2.24, 2.45) is 0 Å². The van der Waals surface area contributed by atoms with Gasteiger partial charge in [0.05, 0.1) is 51.7 Å². The lowest BCUT2D eigenvalue weighted by atomic mass is 9.90. The number of nitrogen functional groups attached to an aromatic ring is 2. The Kier molecular flexibility index (Phi) is 10.5. The van der Waals surface area contributed by atoms with E-state index in [0.29, 0.717) is 32.3 Å². The monoisotopic (exact) mass is 806 g/mol. The highest BCUT2D eigenvalue weighted by Crippen LogP contribution is 2.45. The minimum atomic E-state index is -3.36. The first-order valence-electron chi connectivity index (χ1n) is 14.5. The topological polar surface area (TPSA) is 159 Å². The quantitative estimate of drug-likeness (QED) is 0.189. The van der Waals surface area contributed by atoms with Crippen LogP contribution in [0, 0.1) is 0 Å². The Morgan fingerprint density at radius 1 is 0.680 bits per heavy atom. The predicted octanol–water partition coefficient (Wildman–Crippen LogP) is 7.87. The molecule has 0 aliphatic carbocycles. The lowest BCUT2D eigenvalue weighted by Crippen LogP contribution is -2.41. The second kappa shape index (κ2) is 14.0. The van der Waals surface area contributed by atoms with E-state index in [1.54, 1.807) is 6.20 Å². The number of fused-ring (bicyclic) bond motifs is 2. The fourth-order valence-electron chi connectivity index (χ4n) is 4.24. The number of alkyl halides is 4. The molecule has 50 heavy (non-hydrogen) atoms. The van der Waals surface area contributed by atoms with Crippen LogP contribution in [0.3, 0.4) is 0 Å². The number of ether oxygens (including phenoxy) is 6. The molecule has 12 nitrogen and oxygen atoms in total. The molecule has 2 aromatic heterocycles. The number of anilines is 2. The van der Waals surface area contributed by atoms with Crippen molar-refractivity contribution < 1.29 is 46.0 Å². The summed E-state index contributed by atoms with van der Waals surface area (Å²) in [5.41, 5.74) is 11.8. The zero-order valence-corrected chi connectivity index (χ0v) is 29.7. The Balaban J connectivity index is 0.000000148.